The predicted molar refractivity (Wildman–Crippen MR) is 123 cm³/mol. The Morgan fingerprint density at radius 2 is 1.77 bits per heavy atom. The first-order chi connectivity index (χ1) is 14.3. The molecule has 6 nitrogen and oxygen atoms in total. The van der Waals surface area contributed by atoms with Gasteiger partial charge in [0.15, 0.2) is 6.61 Å². The van der Waals surface area contributed by atoms with E-state index < -0.39 is 0 Å². The fourth-order valence-corrected chi connectivity index (χ4v) is 3.72. The predicted octanol–water partition coefficient (Wildman–Crippen LogP) is 4.42. The van der Waals surface area contributed by atoms with E-state index in [-0.39, 0.29) is 24.3 Å². The van der Waals surface area contributed by atoms with Crippen LogP contribution in [0.2, 0.25) is 5.02 Å². The number of carbonyl (C=O) groups is 2. The minimum atomic E-state index is -0.268. The number of anilines is 2. The standard InChI is InChI=1S/C22H25BrClN3O3/c1-15(2)22(29)27-11-9-26(10-12-27)20-8-5-17(24)13-19(20)25-21(28)14-30-18-6-3-16(23)4-7-18/h3-8,13,15H,9-12,14H2,1-2H3,(H,25,28). The number of ether oxygens (including phenoxy) is 1. The smallest absolute Gasteiger partial charge is 0.262 e. The molecule has 0 saturated carbocycles. The number of nitrogens with one attached hydrogen (secondary N) is 1. The molecule has 2 aromatic rings. The summed E-state index contributed by atoms with van der Waals surface area (Å²) in [6.07, 6.45) is 0. The van der Waals surface area contributed by atoms with Crippen molar-refractivity contribution in [2.24, 2.45) is 5.92 Å². The van der Waals surface area contributed by atoms with Gasteiger partial charge in [-0.3, -0.25) is 9.59 Å². The van der Waals surface area contributed by atoms with Gasteiger partial charge in [-0.2, -0.15) is 0 Å². The summed E-state index contributed by atoms with van der Waals surface area (Å²) in [5.74, 6) is 0.512. The lowest BCUT2D eigenvalue weighted by molar-refractivity contribution is -0.134. The minimum absolute atomic E-state index is 0.00680. The third-order valence-corrected chi connectivity index (χ3v) is 5.61. The van der Waals surface area contributed by atoms with Crippen molar-refractivity contribution < 1.29 is 14.3 Å². The Hall–Kier alpha value is -2.25. The number of nitrogens with zero attached hydrogens (tertiary/aromatic N) is 2. The molecule has 160 valence electrons. The third-order valence-electron chi connectivity index (χ3n) is 4.84. The van der Waals surface area contributed by atoms with Crippen LogP contribution in [0, 0.1) is 5.92 Å². The highest BCUT2D eigenvalue weighted by Crippen LogP contribution is 2.30. The SMILES string of the molecule is CC(C)C(=O)N1CCN(c2ccc(Cl)cc2NC(=O)COc2ccc(Br)cc2)CC1. The number of rotatable bonds is 6. The summed E-state index contributed by atoms with van der Waals surface area (Å²) < 4.78 is 6.49. The van der Waals surface area contributed by atoms with Gasteiger partial charge in [-0.1, -0.05) is 41.4 Å². The summed E-state index contributed by atoms with van der Waals surface area (Å²) in [5, 5.41) is 3.44. The average molecular weight is 495 g/mol. The van der Waals surface area contributed by atoms with Gasteiger partial charge in [0.1, 0.15) is 5.75 Å². The molecule has 0 spiro atoms. The number of benzene rings is 2. The molecule has 2 aromatic carbocycles. The Labute approximate surface area is 190 Å². The van der Waals surface area contributed by atoms with E-state index in [0.29, 0.717) is 42.6 Å². The molecule has 0 bridgehead atoms. The Balaban J connectivity index is 1.63. The molecule has 0 unspecified atom stereocenters. The van der Waals surface area contributed by atoms with Crippen LogP contribution in [0.3, 0.4) is 0 Å². The van der Waals surface area contributed by atoms with E-state index in [2.05, 4.69) is 26.1 Å². The maximum Gasteiger partial charge on any atom is 0.262 e. The minimum Gasteiger partial charge on any atom is -0.484 e. The molecule has 1 heterocycles. The second-order valence-corrected chi connectivity index (χ2v) is 8.77. The molecule has 0 radical (unpaired) electrons. The van der Waals surface area contributed by atoms with Crippen LogP contribution in [0.4, 0.5) is 11.4 Å². The fraction of sp³-hybridized carbons (Fsp3) is 0.364. The first-order valence-corrected chi connectivity index (χ1v) is 11.0. The molecule has 0 aromatic heterocycles. The normalized spacial score (nSPS) is 14.0. The first kappa shape index (κ1) is 22.4. The second kappa shape index (κ2) is 10.2. The first-order valence-electron chi connectivity index (χ1n) is 9.85. The van der Waals surface area contributed by atoms with Gasteiger partial charge in [-0.05, 0) is 42.5 Å². The Morgan fingerprint density at radius 3 is 2.40 bits per heavy atom. The van der Waals surface area contributed by atoms with Crippen LogP contribution < -0.4 is 15.0 Å². The summed E-state index contributed by atoms with van der Waals surface area (Å²) >= 11 is 9.54. The van der Waals surface area contributed by atoms with E-state index in [0.717, 1.165) is 10.2 Å². The number of hydrogen-bond acceptors (Lipinski definition) is 4. The van der Waals surface area contributed by atoms with E-state index in [9.17, 15) is 9.59 Å². The molecule has 1 aliphatic heterocycles. The zero-order valence-electron chi connectivity index (χ0n) is 17.0. The summed E-state index contributed by atoms with van der Waals surface area (Å²) in [7, 11) is 0. The largest absolute Gasteiger partial charge is 0.484 e. The van der Waals surface area contributed by atoms with Crippen molar-refractivity contribution in [1.82, 2.24) is 4.90 Å². The van der Waals surface area contributed by atoms with Crippen LogP contribution in [0.25, 0.3) is 0 Å². The van der Waals surface area contributed by atoms with Crippen LogP contribution in [0.1, 0.15) is 13.8 Å². The van der Waals surface area contributed by atoms with E-state index in [1.54, 1.807) is 24.3 Å². The van der Waals surface area contributed by atoms with Crippen LogP contribution in [0.15, 0.2) is 46.9 Å². The zero-order chi connectivity index (χ0) is 21.7. The number of halogens is 2. The van der Waals surface area contributed by atoms with Crippen molar-refractivity contribution in [3.05, 3.63) is 52.0 Å². The van der Waals surface area contributed by atoms with E-state index >= 15 is 0 Å². The molecule has 8 heteroatoms. The van der Waals surface area contributed by atoms with Crippen LogP contribution in [-0.4, -0.2) is 49.5 Å². The molecule has 30 heavy (non-hydrogen) atoms. The average Bonchev–Trinajstić information content (AvgIpc) is 2.73. The molecule has 1 N–H and O–H groups in total. The third kappa shape index (κ3) is 5.89. The number of piperazine rings is 1. The quantitative estimate of drug-likeness (QED) is 0.646. The Bertz CT molecular complexity index is 897. The van der Waals surface area contributed by atoms with E-state index in [1.807, 2.05) is 36.9 Å². The van der Waals surface area contributed by atoms with Gasteiger partial charge < -0.3 is 19.9 Å². The van der Waals surface area contributed by atoms with Crippen molar-refractivity contribution in [2.75, 3.05) is 43.0 Å². The van der Waals surface area contributed by atoms with Crippen molar-refractivity contribution in [3.8, 4) is 5.75 Å². The fourth-order valence-electron chi connectivity index (χ4n) is 3.28. The monoisotopic (exact) mass is 493 g/mol. The van der Waals surface area contributed by atoms with Crippen molar-refractivity contribution in [3.63, 3.8) is 0 Å². The van der Waals surface area contributed by atoms with Gasteiger partial charge in [0.2, 0.25) is 5.91 Å². The summed E-state index contributed by atoms with van der Waals surface area (Å²) in [5.41, 5.74) is 1.52. The summed E-state index contributed by atoms with van der Waals surface area (Å²) in [6.45, 7) is 6.41. The number of amides is 2. The molecular weight excluding hydrogens is 470 g/mol. The highest BCUT2D eigenvalue weighted by atomic mass is 79.9. The Morgan fingerprint density at radius 1 is 1.10 bits per heavy atom. The highest BCUT2D eigenvalue weighted by molar-refractivity contribution is 9.10. The summed E-state index contributed by atoms with van der Waals surface area (Å²) in [6, 6.07) is 12.7. The van der Waals surface area contributed by atoms with Crippen molar-refractivity contribution in [2.45, 2.75) is 13.8 Å². The lowest BCUT2D eigenvalue weighted by Crippen LogP contribution is -2.50. The van der Waals surface area contributed by atoms with Crippen molar-refractivity contribution >= 4 is 50.7 Å². The Kier molecular flexibility index (Phi) is 7.61. The maximum absolute atomic E-state index is 12.5. The molecule has 1 aliphatic rings. The van der Waals surface area contributed by atoms with Crippen LogP contribution in [-0.2, 0) is 9.59 Å². The van der Waals surface area contributed by atoms with Crippen molar-refractivity contribution in [1.29, 1.82) is 0 Å². The van der Waals surface area contributed by atoms with Gasteiger partial charge in [-0.15, -0.1) is 0 Å². The maximum atomic E-state index is 12.5. The molecule has 3 rings (SSSR count). The van der Waals surface area contributed by atoms with Crippen LogP contribution in [0.5, 0.6) is 5.75 Å². The van der Waals surface area contributed by atoms with Gasteiger partial charge in [0, 0.05) is 41.6 Å². The molecule has 2 amide bonds. The summed E-state index contributed by atoms with van der Waals surface area (Å²) in [4.78, 5) is 28.7. The van der Waals surface area contributed by atoms with Crippen LogP contribution >= 0.6 is 27.5 Å². The number of hydrogen-bond donors (Lipinski definition) is 1. The second-order valence-electron chi connectivity index (χ2n) is 7.42. The van der Waals surface area contributed by atoms with Gasteiger partial charge in [0.05, 0.1) is 11.4 Å². The lowest BCUT2D eigenvalue weighted by Gasteiger charge is -2.37. The van der Waals surface area contributed by atoms with Gasteiger partial charge >= 0.3 is 0 Å². The van der Waals surface area contributed by atoms with E-state index in [1.165, 1.54) is 0 Å². The van der Waals surface area contributed by atoms with Gasteiger partial charge in [0.25, 0.3) is 5.91 Å². The topological polar surface area (TPSA) is 61.9 Å². The lowest BCUT2D eigenvalue weighted by atomic mass is 10.1. The molecule has 1 fully saturated rings. The molecular formula is C22H25BrClN3O3. The molecule has 0 aliphatic carbocycles. The zero-order valence-corrected chi connectivity index (χ0v) is 19.4. The van der Waals surface area contributed by atoms with E-state index in [4.69, 9.17) is 16.3 Å². The molecule has 1 saturated heterocycles. The van der Waals surface area contributed by atoms with Gasteiger partial charge in [-0.25, -0.2) is 0 Å². The number of carbonyl (C=O) groups excluding carboxylic acids is 2. The highest BCUT2D eigenvalue weighted by Gasteiger charge is 2.24. The molecule has 0 atom stereocenters.